The number of azide groups is 1. The summed E-state index contributed by atoms with van der Waals surface area (Å²) in [5, 5.41) is 3.29. The Morgan fingerprint density at radius 3 is 2.40 bits per heavy atom. The van der Waals surface area contributed by atoms with E-state index in [1.807, 2.05) is 20.8 Å². The first-order valence-corrected chi connectivity index (χ1v) is 5.20. The molecule has 0 bridgehead atoms. The minimum atomic E-state index is -0.507. The standard InChI is InChI=1S/C10H11BrFN3/c1-10(2,3)6-4-7(11)9(14-15-13)8(12)5-6/h4-5H,1-3H3. The van der Waals surface area contributed by atoms with Crippen molar-refractivity contribution in [3.8, 4) is 0 Å². The Morgan fingerprint density at radius 1 is 1.40 bits per heavy atom. The van der Waals surface area contributed by atoms with Gasteiger partial charge >= 0.3 is 0 Å². The normalized spacial score (nSPS) is 11.0. The van der Waals surface area contributed by atoms with Crippen LogP contribution in [0.25, 0.3) is 10.4 Å². The zero-order chi connectivity index (χ0) is 11.6. The van der Waals surface area contributed by atoms with Crippen LogP contribution in [0.3, 0.4) is 0 Å². The summed E-state index contributed by atoms with van der Waals surface area (Å²) in [5.74, 6) is -0.507. The van der Waals surface area contributed by atoms with E-state index in [1.54, 1.807) is 6.07 Å². The molecule has 0 fully saturated rings. The van der Waals surface area contributed by atoms with Gasteiger partial charge in [0.2, 0.25) is 0 Å². The molecule has 3 nitrogen and oxygen atoms in total. The fraction of sp³-hybridized carbons (Fsp3) is 0.400. The third-order valence-corrected chi connectivity index (χ3v) is 2.63. The second-order valence-corrected chi connectivity index (χ2v) is 5.08. The Bertz CT molecular complexity index is 408. The first-order valence-electron chi connectivity index (χ1n) is 4.41. The summed E-state index contributed by atoms with van der Waals surface area (Å²) in [5.41, 5.74) is 8.98. The lowest BCUT2D eigenvalue weighted by Gasteiger charge is -2.19. The molecule has 0 spiro atoms. The van der Waals surface area contributed by atoms with Crippen LogP contribution < -0.4 is 0 Å². The first-order chi connectivity index (χ1) is 6.86. The molecule has 0 aliphatic heterocycles. The van der Waals surface area contributed by atoms with Gasteiger partial charge in [0.05, 0.1) is 5.69 Å². The number of nitrogens with zero attached hydrogens (tertiary/aromatic N) is 3. The van der Waals surface area contributed by atoms with Gasteiger partial charge < -0.3 is 0 Å². The summed E-state index contributed by atoms with van der Waals surface area (Å²) in [6.45, 7) is 5.96. The minimum Gasteiger partial charge on any atom is -0.206 e. The van der Waals surface area contributed by atoms with E-state index in [0.29, 0.717) is 4.47 Å². The van der Waals surface area contributed by atoms with Gasteiger partial charge in [0, 0.05) is 9.38 Å². The van der Waals surface area contributed by atoms with E-state index in [4.69, 9.17) is 5.53 Å². The maximum atomic E-state index is 13.5. The molecule has 1 rings (SSSR count). The van der Waals surface area contributed by atoms with Gasteiger partial charge in [-0.2, -0.15) is 0 Å². The summed E-state index contributed by atoms with van der Waals surface area (Å²) in [6, 6.07) is 3.17. The van der Waals surface area contributed by atoms with E-state index >= 15 is 0 Å². The van der Waals surface area contributed by atoms with E-state index in [0.717, 1.165) is 5.56 Å². The predicted octanol–water partition coefficient (Wildman–Crippen LogP) is 4.83. The quantitative estimate of drug-likeness (QED) is 0.399. The highest BCUT2D eigenvalue weighted by Gasteiger charge is 2.17. The topological polar surface area (TPSA) is 48.8 Å². The van der Waals surface area contributed by atoms with Crippen molar-refractivity contribution in [2.45, 2.75) is 26.2 Å². The van der Waals surface area contributed by atoms with Crippen molar-refractivity contribution in [1.29, 1.82) is 0 Å². The number of hydrogen-bond acceptors (Lipinski definition) is 1. The van der Waals surface area contributed by atoms with Crippen LogP contribution in [0, 0.1) is 5.82 Å². The van der Waals surface area contributed by atoms with Crippen LogP contribution in [0.15, 0.2) is 21.7 Å². The Hall–Kier alpha value is -1.06. The van der Waals surface area contributed by atoms with Gasteiger partial charge in [-0.25, -0.2) is 4.39 Å². The highest BCUT2D eigenvalue weighted by molar-refractivity contribution is 9.10. The van der Waals surface area contributed by atoms with E-state index in [1.165, 1.54) is 6.07 Å². The number of rotatable bonds is 1. The third kappa shape index (κ3) is 2.70. The Labute approximate surface area is 96.1 Å². The molecule has 0 saturated carbocycles. The van der Waals surface area contributed by atoms with Gasteiger partial charge in [-0.1, -0.05) is 41.8 Å². The summed E-state index contributed by atoms with van der Waals surface area (Å²) in [7, 11) is 0. The number of halogens is 2. The molecule has 0 radical (unpaired) electrons. The lowest BCUT2D eigenvalue weighted by atomic mass is 9.87. The maximum absolute atomic E-state index is 13.5. The number of benzene rings is 1. The molecule has 0 unspecified atom stereocenters. The molecule has 15 heavy (non-hydrogen) atoms. The van der Waals surface area contributed by atoms with Crippen LogP contribution in [-0.2, 0) is 5.41 Å². The third-order valence-electron chi connectivity index (χ3n) is 2.03. The van der Waals surface area contributed by atoms with Gasteiger partial charge in [-0.15, -0.1) is 0 Å². The van der Waals surface area contributed by atoms with E-state index in [-0.39, 0.29) is 11.1 Å². The van der Waals surface area contributed by atoms with Crippen molar-refractivity contribution in [2.24, 2.45) is 5.11 Å². The van der Waals surface area contributed by atoms with Crippen LogP contribution in [-0.4, -0.2) is 0 Å². The average molecular weight is 272 g/mol. The molecular weight excluding hydrogens is 261 g/mol. The summed E-state index contributed by atoms with van der Waals surface area (Å²) in [4.78, 5) is 2.57. The minimum absolute atomic E-state index is 0.00509. The van der Waals surface area contributed by atoms with Gasteiger partial charge in [-0.3, -0.25) is 0 Å². The van der Waals surface area contributed by atoms with E-state index in [9.17, 15) is 4.39 Å². The molecular formula is C10H11BrFN3. The molecule has 0 amide bonds. The predicted molar refractivity (Wildman–Crippen MR) is 61.6 cm³/mol. The van der Waals surface area contributed by atoms with Crippen LogP contribution >= 0.6 is 15.9 Å². The zero-order valence-electron chi connectivity index (χ0n) is 8.75. The van der Waals surface area contributed by atoms with Crippen molar-refractivity contribution in [2.75, 3.05) is 0 Å². The van der Waals surface area contributed by atoms with E-state index < -0.39 is 5.82 Å². The second-order valence-electron chi connectivity index (χ2n) is 4.23. The van der Waals surface area contributed by atoms with Crippen LogP contribution in [0.1, 0.15) is 26.3 Å². The molecule has 0 aliphatic rings. The molecule has 0 N–H and O–H groups in total. The smallest absolute Gasteiger partial charge is 0.134 e. The zero-order valence-corrected chi connectivity index (χ0v) is 10.3. The number of hydrogen-bond donors (Lipinski definition) is 0. The fourth-order valence-electron chi connectivity index (χ4n) is 1.14. The van der Waals surface area contributed by atoms with Gasteiger partial charge in [0.15, 0.2) is 0 Å². The SMILES string of the molecule is CC(C)(C)c1cc(F)c(N=[N+]=[N-])c(Br)c1. The molecule has 0 heterocycles. The Morgan fingerprint density at radius 2 is 2.00 bits per heavy atom. The Balaban J connectivity index is 3.38. The molecule has 80 valence electrons. The lowest BCUT2D eigenvalue weighted by molar-refractivity contribution is 0.572. The van der Waals surface area contributed by atoms with Crippen molar-refractivity contribution in [1.82, 2.24) is 0 Å². The average Bonchev–Trinajstić information content (AvgIpc) is 2.09. The molecule has 0 aliphatic carbocycles. The van der Waals surface area contributed by atoms with Gasteiger partial charge in [-0.05, 0) is 28.6 Å². The molecule has 0 saturated heterocycles. The van der Waals surface area contributed by atoms with Gasteiger partial charge in [0.1, 0.15) is 5.82 Å². The Kier molecular flexibility index (Phi) is 3.37. The molecule has 1 aromatic carbocycles. The monoisotopic (exact) mass is 271 g/mol. The van der Waals surface area contributed by atoms with Crippen molar-refractivity contribution in [3.63, 3.8) is 0 Å². The first kappa shape index (κ1) is 12.0. The van der Waals surface area contributed by atoms with E-state index in [2.05, 4.69) is 26.0 Å². The van der Waals surface area contributed by atoms with Crippen molar-refractivity contribution >= 4 is 21.6 Å². The molecule has 5 heteroatoms. The van der Waals surface area contributed by atoms with Crippen molar-refractivity contribution < 1.29 is 4.39 Å². The largest absolute Gasteiger partial charge is 0.206 e. The summed E-state index contributed by atoms with van der Waals surface area (Å²) < 4.78 is 14.0. The highest BCUT2D eigenvalue weighted by atomic mass is 79.9. The molecule has 0 aromatic heterocycles. The maximum Gasteiger partial charge on any atom is 0.134 e. The summed E-state index contributed by atoms with van der Waals surface area (Å²) in [6.07, 6.45) is 0. The second kappa shape index (κ2) is 4.21. The molecule has 0 atom stereocenters. The highest BCUT2D eigenvalue weighted by Crippen LogP contribution is 2.34. The van der Waals surface area contributed by atoms with Crippen molar-refractivity contribution in [3.05, 3.63) is 38.4 Å². The lowest BCUT2D eigenvalue weighted by Crippen LogP contribution is -2.11. The van der Waals surface area contributed by atoms with Crippen LogP contribution in [0.5, 0.6) is 0 Å². The molecule has 1 aromatic rings. The van der Waals surface area contributed by atoms with Crippen LogP contribution in [0.4, 0.5) is 10.1 Å². The summed E-state index contributed by atoms with van der Waals surface area (Å²) >= 11 is 3.19. The van der Waals surface area contributed by atoms with Gasteiger partial charge in [0.25, 0.3) is 0 Å². The van der Waals surface area contributed by atoms with Crippen LogP contribution in [0.2, 0.25) is 0 Å². The fourth-order valence-corrected chi connectivity index (χ4v) is 1.65.